The van der Waals surface area contributed by atoms with Crippen LogP contribution in [0.3, 0.4) is 0 Å². The summed E-state index contributed by atoms with van der Waals surface area (Å²) in [4.78, 5) is 15.5. The van der Waals surface area contributed by atoms with Crippen LogP contribution in [0.1, 0.15) is 21.6 Å². The standard InChI is InChI=1S/C16H13F3N4O2/c17-16(18,19)8-5-11(12-7-22-23-13(12)6-8)9-1-3-21-14(15(20)25)10(9)2-4-24/h1,3,5-7,24H,2,4H2,(H2,20,25)(H,22,23). The first-order valence-electron chi connectivity index (χ1n) is 7.26. The van der Waals surface area contributed by atoms with Crippen LogP contribution in [0.4, 0.5) is 13.2 Å². The van der Waals surface area contributed by atoms with Crippen molar-refractivity contribution in [3.8, 4) is 11.1 Å². The van der Waals surface area contributed by atoms with Crippen molar-refractivity contribution in [1.29, 1.82) is 0 Å². The number of aromatic amines is 1. The summed E-state index contributed by atoms with van der Waals surface area (Å²) in [6, 6.07) is 3.44. The third-order valence-electron chi connectivity index (χ3n) is 3.83. The van der Waals surface area contributed by atoms with Gasteiger partial charge in [-0.15, -0.1) is 0 Å². The molecule has 0 aliphatic heterocycles. The molecule has 0 saturated carbocycles. The lowest BCUT2D eigenvalue weighted by Crippen LogP contribution is -2.17. The minimum absolute atomic E-state index is 0.0248. The third-order valence-corrected chi connectivity index (χ3v) is 3.83. The Labute approximate surface area is 139 Å². The molecule has 0 fully saturated rings. The van der Waals surface area contributed by atoms with Crippen molar-refractivity contribution < 1.29 is 23.1 Å². The van der Waals surface area contributed by atoms with Crippen molar-refractivity contribution in [2.24, 2.45) is 5.73 Å². The Morgan fingerprint density at radius 3 is 2.68 bits per heavy atom. The molecule has 0 bridgehead atoms. The van der Waals surface area contributed by atoms with Crippen LogP contribution in [-0.4, -0.2) is 32.8 Å². The van der Waals surface area contributed by atoms with E-state index in [0.717, 1.165) is 12.1 Å². The summed E-state index contributed by atoms with van der Waals surface area (Å²) < 4.78 is 39.6. The molecule has 3 aromatic rings. The van der Waals surface area contributed by atoms with Crippen molar-refractivity contribution in [3.05, 3.63) is 47.4 Å². The molecule has 0 spiro atoms. The van der Waals surface area contributed by atoms with Crippen molar-refractivity contribution in [2.45, 2.75) is 12.6 Å². The summed E-state index contributed by atoms with van der Waals surface area (Å²) in [6.07, 6.45) is -1.83. The molecular formula is C16H13F3N4O2. The number of nitrogens with two attached hydrogens (primary N) is 1. The maximum atomic E-state index is 13.2. The van der Waals surface area contributed by atoms with E-state index < -0.39 is 17.6 Å². The summed E-state index contributed by atoms with van der Waals surface area (Å²) in [5.41, 5.74) is 5.43. The first-order chi connectivity index (χ1) is 11.8. The number of alkyl halides is 3. The number of primary amides is 1. The van der Waals surface area contributed by atoms with Crippen LogP contribution in [0, 0.1) is 0 Å². The van der Waals surface area contributed by atoms with Crippen molar-refractivity contribution >= 4 is 16.8 Å². The predicted molar refractivity (Wildman–Crippen MR) is 83.6 cm³/mol. The number of aromatic nitrogens is 3. The molecule has 0 aliphatic carbocycles. The SMILES string of the molecule is NC(=O)c1nccc(-c2cc(C(F)(F)F)cc3[nH]ncc23)c1CCO. The highest BCUT2D eigenvalue weighted by Gasteiger charge is 2.32. The van der Waals surface area contributed by atoms with Crippen LogP contribution >= 0.6 is 0 Å². The number of halogens is 3. The van der Waals surface area contributed by atoms with Gasteiger partial charge in [-0.2, -0.15) is 18.3 Å². The number of carbonyl (C=O) groups excluding carboxylic acids is 1. The number of pyridine rings is 1. The Balaban J connectivity index is 2.35. The zero-order valence-electron chi connectivity index (χ0n) is 12.8. The fourth-order valence-corrected chi connectivity index (χ4v) is 2.76. The number of amides is 1. The summed E-state index contributed by atoms with van der Waals surface area (Å²) >= 11 is 0. The lowest BCUT2D eigenvalue weighted by Gasteiger charge is -2.15. The second-order valence-electron chi connectivity index (χ2n) is 5.38. The number of fused-ring (bicyclic) bond motifs is 1. The van der Waals surface area contributed by atoms with E-state index in [1.807, 2.05) is 0 Å². The maximum absolute atomic E-state index is 13.2. The number of hydrogen-bond donors (Lipinski definition) is 3. The van der Waals surface area contributed by atoms with Crippen LogP contribution in [0.2, 0.25) is 0 Å². The normalized spacial score (nSPS) is 11.8. The topological polar surface area (TPSA) is 105 Å². The second-order valence-corrected chi connectivity index (χ2v) is 5.38. The maximum Gasteiger partial charge on any atom is 0.416 e. The Hall–Kier alpha value is -2.94. The van der Waals surface area contributed by atoms with E-state index in [-0.39, 0.29) is 29.8 Å². The quantitative estimate of drug-likeness (QED) is 0.671. The molecule has 0 radical (unpaired) electrons. The van der Waals surface area contributed by atoms with Crippen LogP contribution in [0.15, 0.2) is 30.6 Å². The fraction of sp³-hybridized carbons (Fsp3) is 0.188. The average Bonchev–Trinajstić information content (AvgIpc) is 3.02. The van der Waals surface area contributed by atoms with Gasteiger partial charge in [-0.25, -0.2) is 0 Å². The number of rotatable bonds is 4. The molecule has 1 amide bonds. The Kier molecular flexibility index (Phi) is 4.17. The van der Waals surface area contributed by atoms with Gasteiger partial charge >= 0.3 is 6.18 Å². The zero-order chi connectivity index (χ0) is 18.2. The van der Waals surface area contributed by atoms with Gasteiger partial charge in [0.1, 0.15) is 5.69 Å². The molecular weight excluding hydrogens is 337 g/mol. The molecule has 6 nitrogen and oxygen atoms in total. The highest BCUT2D eigenvalue weighted by Crippen LogP contribution is 2.38. The second kappa shape index (κ2) is 6.17. The van der Waals surface area contributed by atoms with Crippen molar-refractivity contribution in [2.75, 3.05) is 6.61 Å². The van der Waals surface area contributed by atoms with Crippen LogP contribution in [0.5, 0.6) is 0 Å². The number of hydrogen-bond acceptors (Lipinski definition) is 4. The van der Waals surface area contributed by atoms with E-state index in [1.165, 1.54) is 18.5 Å². The van der Waals surface area contributed by atoms with Crippen LogP contribution in [-0.2, 0) is 12.6 Å². The molecule has 2 aromatic heterocycles. The van der Waals surface area contributed by atoms with E-state index in [2.05, 4.69) is 15.2 Å². The van der Waals surface area contributed by atoms with Gasteiger partial charge < -0.3 is 10.8 Å². The number of aliphatic hydroxyl groups excluding tert-OH is 1. The highest BCUT2D eigenvalue weighted by molar-refractivity contribution is 5.99. The minimum atomic E-state index is -4.55. The molecule has 25 heavy (non-hydrogen) atoms. The molecule has 0 atom stereocenters. The van der Waals surface area contributed by atoms with Gasteiger partial charge in [-0.3, -0.25) is 14.9 Å². The zero-order valence-corrected chi connectivity index (χ0v) is 12.8. The van der Waals surface area contributed by atoms with Gasteiger partial charge in [0.05, 0.1) is 17.3 Å². The number of aliphatic hydroxyl groups is 1. The van der Waals surface area contributed by atoms with Gasteiger partial charge in [0, 0.05) is 18.2 Å². The Bertz CT molecular complexity index is 950. The van der Waals surface area contributed by atoms with Gasteiger partial charge in [-0.05, 0) is 41.3 Å². The first-order valence-corrected chi connectivity index (χ1v) is 7.26. The molecule has 9 heteroatoms. The summed E-state index contributed by atoms with van der Waals surface area (Å²) in [6.45, 7) is -0.313. The molecule has 130 valence electrons. The number of benzene rings is 1. The number of carbonyl (C=O) groups is 1. The molecule has 1 aromatic carbocycles. The molecule has 0 saturated heterocycles. The Morgan fingerprint density at radius 1 is 1.28 bits per heavy atom. The van der Waals surface area contributed by atoms with Crippen LogP contribution in [0.25, 0.3) is 22.0 Å². The third kappa shape index (κ3) is 3.05. The molecule has 2 heterocycles. The van der Waals surface area contributed by atoms with Gasteiger partial charge in [0.15, 0.2) is 0 Å². The predicted octanol–water partition coefficient (Wildman–Crippen LogP) is 2.28. The van der Waals surface area contributed by atoms with E-state index >= 15 is 0 Å². The number of nitrogens with zero attached hydrogens (tertiary/aromatic N) is 2. The molecule has 0 unspecified atom stereocenters. The largest absolute Gasteiger partial charge is 0.416 e. The van der Waals surface area contributed by atoms with Gasteiger partial charge in [0.25, 0.3) is 5.91 Å². The van der Waals surface area contributed by atoms with Crippen LogP contribution < -0.4 is 5.73 Å². The first kappa shape index (κ1) is 16.9. The Morgan fingerprint density at radius 2 is 2.04 bits per heavy atom. The smallest absolute Gasteiger partial charge is 0.396 e. The van der Waals surface area contributed by atoms with E-state index in [0.29, 0.717) is 16.5 Å². The lowest BCUT2D eigenvalue weighted by molar-refractivity contribution is -0.137. The monoisotopic (exact) mass is 350 g/mol. The van der Waals surface area contributed by atoms with E-state index in [1.54, 1.807) is 0 Å². The van der Waals surface area contributed by atoms with Crippen molar-refractivity contribution in [1.82, 2.24) is 15.2 Å². The van der Waals surface area contributed by atoms with E-state index in [9.17, 15) is 23.1 Å². The fourth-order valence-electron chi connectivity index (χ4n) is 2.76. The summed E-state index contributed by atoms with van der Waals surface area (Å²) in [5.74, 6) is -0.819. The lowest BCUT2D eigenvalue weighted by atomic mass is 9.93. The molecule has 4 N–H and O–H groups in total. The summed E-state index contributed by atoms with van der Waals surface area (Å²) in [5, 5.41) is 16.0. The van der Waals surface area contributed by atoms with Crippen molar-refractivity contribution in [3.63, 3.8) is 0 Å². The van der Waals surface area contributed by atoms with Gasteiger partial charge in [-0.1, -0.05) is 0 Å². The highest BCUT2D eigenvalue weighted by atomic mass is 19.4. The number of nitrogens with one attached hydrogen (secondary N) is 1. The van der Waals surface area contributed by atoms with Gasteiger partial charge in [0.2, 0.25) is 0 Å². The molecule has 0 aliphatic rings. The molecule has 3 rings (SSSR count). The average molecular weight is 350 g/mol. The van der Waals surface area contributed by atoms with E-state index in [4.69, 9.17) is 5.73 Å². The summed E-state index contributed by atoms with van der Waals surface area (Å²) in [7, 11) is 0. The number of H-pyrrole nitrogens is 1. The minimum Gasteiger partial charge on any atom is -0.396 e.